The Hall–Kier alpha value is -2.74. The molecule has 1 N–H and O–H groups in total. The molecule has 2 aromatic rings. The van der Waals surface area contributed by atoms with Crippen LogP contribution in [0.3, 0.4) is 0 Å². The molecule has 1 unspecified atom stereocenters. The number of pyridine rings is 1. The van der Waals surface area contributed by atoms with Crippen molar-refractivity contribution in [3.05, 3.63) is 47.5 Å². The first-order valence-corrected chi connectivity index (χ1v) is 8.82. The Labute approximate surface area is 151 Å². The van der Waals surface area contributed by atoms with Crippen molar-refractivity contribution in [3.8, 4) is 0 Å². The number of aromatic nitrogens is 3. The van der Waals surface area contributed by atoms with E-state index in [-0.39, 0.29) is 17.7 Å². The molecular formula is C18H21N5O3. The third kappa shape index (κ3) is 3.45. The maximum Gasteiger partial charge on any atom is 0.272 e. The van der Waals surface area contributed by atoms with Gasteiger partial charge in [0.1, 0.15) is 0 Å². The summed E-state index contributed by atoms with van der Waals surface area (Å²) in [4.78, 5) is 30.9. The Bertz CT molecular complexity index is 798. The summed E-state index contributed by atoms with van der Waals surface area (Å²) in [6, 6.07) is 7.33. The van der Waals surface area contributed by atoms with Crippen LogP contribution in [0.15, 0.2) is 30.5 Å². The number of hydrogen-bond acceptors (Lipinski definition) is 5. The fourth-order valence-corrected chi connectivity index (χ4v) is 3.32. The summed E-state index contributed by atoms with van der Waals surface area (Å²) in [6.45, 7) is 3.21. The predicted molar refractivity (Wildman–Crippen MR) is 92.0 cm³/mol. The molecule has 26 heavy (non-hydrogen) atoms. The number of ether oxygens (including phenoxy) is 1. The van der Waals surface area contributed by atoms with Gasteiger partial charge in [0.15, 0.2) is 5.69 Å². The molecule has 4 heterocycles. The fourth-order valence-electron chi connectivity index (χ4n) is 3.32. The van der Waals surface area contributed by atoms with E-state index in [0.29, 0.717) is 45.1 Å². The highest BCUT2D eigenvalue weighted by atomic mass is 16.5. The average molecular weight is 355 g/mol. The summed E-state index contributed by atoms with van der Waals surface area (Å²) in [5, 5.41) is 7.20. The van der Waals surface area contributed by atoms with Crippen LogP contribution in [0.5, 0.6) is 0 Å². The summed E-state index contributed by atoms with van der Waals surface area (Å²) in [5.41, 5.74) is 2.04. The molecule has 0 spiro atoms. The monoisotopic (exact) mass is 355 g/mol. The topological polar surface area (TPSA) is 89.4 Å². The van der Waals surface area contributed by atoms with Gasteiger partial charge >= 0.3 is 0 Å². The molecule has 8 heteroatoms. The van der Waals surface area contributed by atoms with Crippen LogP contribution in [0.4, 0.5) is 0 Å². The van der Waals surface area contributed by atoms with Gasteiger partial charge in [-0.15, -0.1) is 0 Å². The summed E-state index contributed by atoms with van der Waals surface area (Å²) in [7, 11) is 0. The lowest BCUT2D eigenvalue weighted by molar-refractivity contribution is -0.137. The van der Waals surface area contributed by atoms with E-state index in [1.54, 1.807) is 12.3 Å². The molecular weight excluding hydrogens is 334 g/mol. The smallest absolute Gasteiger partial charge is 0.272 e. The van der Waals surface area contributed by atoms with E-state index in [9.17, 15) is 9.59 Å². The van der Waals surface area contributed by atoms with E-state index in [1.165, 1.54) is 0 Å². The molecule has 0 radical (unpaired) electrons. The van der Waals surface area contributed by atoms with E-state index in [2.05, 4.69) is 15.4 Å². The molecule has 0 bridgehead atoms. The summed E-state index contributed by atoms with van der Waals surface area (Å²) in [5.74, 6) is -0.138. The lowest BCUT2D eigenvalue weighted by Gasteiger charge is -2.29. The van der Waals surface area contributed by atoms with Crippen molar-refractivity contribution in [2.45, 2.75) is 26.1 Å². The molecule has 2 aliphatic rings. The van der Waals surface area contributed by atoms with Crippen molar-refractivity contribution >= 4 is 11.8 Å². The first-order chi connectivity index (χ1) is 12.7. The van der Waals surface area contributed by atoms with Crippen molar-refractivity contribution < 1.29 is 14.3 Å². The minimum atomic E-state index is -0.236. The van der Waals surface area contributed by atoms with E-state index in [0.717, 1.165) is 17.8 Å². The van der Waals surface area contributed by atoms with Gasteiger partial charge in [-0.3, -0.25) is 19.3 Å². The van der Waals surface area contributed by atoms with E-state index in [4.69, 9.17) is 4.74 Å². The van der Waals surface area contributed by atoms with Crippen LogP contribution in [0.25, 0.3) is 0 Å². The Kier molecular flexibility index (Phi) is 4.66. The molecule has 0 aromatic carbocycles. The number of nitrogens with one attached hydrogen (secondary N) is 1. The highest BCUT2D eigenvalue weighted by Gasteiger charge is 2.31. The zero-order chi connectivity index (χ0) is 17.9. The van der Waals surface area contributed by atoms with Gasteiger partial charge < -0.3 is 15.0 Å². The normalized spacial score (nSPS) is 19.2. The van der Waals surface area contributed by atoms with Crippen molar-refractivity contribution in [3.63, 3.8) is 0 Å². The Balaban J connectivity index is 1.39. The molecule has 4 rings (SSSR count). The number of amides is 2. The molecule has 0 aliphatic carbocycles. The number of hydrogen-bond donors (Lipinski definition) is 1. The number of nitrogens with zero attached hydrogens (tertiary/aromatic N) is 4. The van der Waals surface area contributed by atoms with Crippen LogP contribution in [0, 0.1) is 5.92 Å². The zero-order valence-electron chi connectivity index (χ0n) is 14.4. The van der Waals surface area contributed by atoms with E-state index < -0.39 is 0 Å². The lowest BCUT2D eigenvalue weighted by atomic mass is 10.1. The first kappa shape index (κ1) is 16.7. The summed E-state index contributed by atoms with van der Waals surface area (Å²) < 4.78 is 7.12. The minimum Gasteiger partial charge on any atom is -0.381 e. The van der Waals surface area contributed by atoms with Crippen molar-refractivity contribution in [2.75, 3.05) is 19.8 Å². The van der Waals surface area contributed by atoms with Gasteiger partial charge in [0.25, 0.3) is 5.91 Å². The molecule has 2 aliphatic heterocycles. The van der Waals surface area contributed by atoms with Gasteiger partial charge in [-0.2, -0.15) is 5.10 Å². The van der Waals surface area contributed by atoms with Crippen LogP contribution < -0.4 is 5.32 Å². The van der Waals surface area contributed by atoms with Gasteiger partial charge in [0.2, 0.25) is 5.91 Å². The van der Waals surface area contributed by atoms with Crippen LogP contribution in [-0.4, -0.2) is 51.2 Å². The predicted octanol–water partition coefficient (Wildman–Crippen LogP) is 0.587. The SMILES string of the molecule is O=C(NCc1ccccn1)c1cc2n(n1)CCN(C(=O)C1CCOC1)C2. The highest BCUT2D eigenvalue weighted by Crippen LogP contribution is 2.20. The number of fused-ring (bicyclic) bond motifs is 1. The van der Waals surface area contributed by atoms with Gasteiger partial charge in [0, 0.05) is 19.3 Å². The number of rotatable bonds is 4. The fraction of sp³-hybridized carbons (Fsp3) is 0.444. The maximum absolute atomic E-state index is 12.5. The maximum atomic E-state index is 12.5. The molecule has 1 atom stereocenters. The second kappa shape index (κ2) is 7.25. The summed E-state index contributed by atoms with van der Waals surface area (Å²) in [6.07, 6.45) is 2.48. The van der Waals surface area contributed by atoms with Crippen molar-refractivity contribution in [2.24, 2.45) is 5.92 Å². The first-order valence-electron chi connectivity index (χ1n) is 8.82. The van der Waals surface area contributed by atoms with Crippen LogP contribution in [-0.2, 0) is 29.2 Å². The standard InChI is InChI=1S/C18H21N5O3/c24-17(20-10-14-3-1-2-5-19-14)16-9-15-11-22(6-7-23(15)21-16)18(25)13-4-8-26-12-13/h1-3,5,9,13H,4,6-8,10-12H2,(H,20,24). The Morgan fingerprint density at radius 2 is 2.23 bits per heavy atom. The second-order valence-electron chi connectivity index (χ2n) is 6.57. The Morgan fingerprint density at radius 3 is 3.00 bits per heavy atom. The quantitative estimate of drug-likeness (QED) is 0.867. The molecule has 0 saturated carbocycles. The minimum absolute atomic E-state index is 0.0365. The van der Waals surface area contributed by atoms with Gasteiger partial charge in [0.05, 0.1) is 43.5 Å². The van der Waals surface area contributed by atoms with Crippen LogP contribution in [0.2, 0.25) is 0 Å². The lowest BCUT2D eigenvalue weighted by Crippen LogP contribution is -2.41. The zero-order valence-corrected chi connectivity index (χ0v) is 14.4. The van der Waals surface area contributed by atoms with Gasteiger partial charge in [-0.1, -0.05) is 6.07 Å². The van der Waals surface area contributed by atoms with E-state index in [1.807, 2.05) is 27.8 Å². The molecule has 136 valence electrons. The largest absolute Gasteiger partial charge is 0.381 e. The second-order valence-corrected chi connectivity index (χ2v) is 6.57. The average Bonchev–Trinajstić information content (AvgIpc) is 3.35. The van der Waals surface area contributed by atoms with Gasteiger partial charge in [-0.25, -0.2) is 0 Å². The number of carbonyl (C=O) groups is 2. The van der Waals surface area contributed by atoms with Crippen LogP contribution in [0.1, 0.15) is 28.3 Å². The number of carbonyl (C=O) groups excluding carboxylic acids is 2. The Morgan fingerprint density at radius 1 is 1.31 bits per heavy atom. The molecule has 1 fully saturated rings. The third-order valence-corrected chi connectivity index (χ3v) is 4.78. The van der Waals surface area contributed by atoms with Crippen molar-refractivity contribution in [1.29, 1.82) is 0 Å². The molecule has 8 nitrogen and oxygen atoms in total. The molecule has 2 aromatic heterocycles. The molecule has 2 amide bonds. The molecule has 1 saturated heterocycles. The highest BCUT2D eigenvalue weighted by molar-refractivity contribution is 5.92. The van der Waals surface area contributed by atoms with E-state index >= 15 is 0 Å². The third-order valence-electron chi connectivity index (χ3n) is 4.78. The van der Waals surface area contributed by atoms with Gasteiger partial charge in [-0.05, 0) is 24.6 Å². The summed E-state index contributed by atoms with van der Waals surface area (Å²) >= 11 is 0. The van der Waals surface area contributed by atoms with Crippen molar-refractivity contribution in [1.82, 2.24) is 25.0 Å². The van der Waals surface area contributed by atoms with Crippen LogP contribution >= 0.6 is 0 Å².